The minimum Gasteiger partial charge on any atom is -0.368 e. The van der Waals surface area contributed by atoms with Crippen molar-refractivity contribution in [1.29, 1.82) is 5.26 Å². The Kier molecular flexibility index (Phi) is 7.43. The van der Waals surface area contributed by atoms with Gasteiger partial charge in [0, 0.05) is 19.8 Å². The first kappa shape index (κ1) is 21.6. The van der Waals surface area contributed by atoms with E-state index in [0.717, 1.165) is 0 Å². The van der Waals surface area contributed by atoms with E-state index >= 15 is 0 Å². The van der Waals surface area contributed by atoms with Gasteiger partial charge < -0.3 is 16.4 Å². The van der Waals surface area contributed by atoms with E-state index < -0.39 is 35.6 Å². The molecule has 2 rings (SSSR count). The van der Waals surface area contributed by atoms with Crippen molar-refractivity contribution in [3.8, 4) is 6.07 Å². The number of carbonyl (C=O) groups is 3. The number of primary amides is 1. The van der Waals surface area contributed by atoms with E-state index in [1.54, 1.807) is 24.3 Å². The molecule has 2 atom stereocenters. The number of carbonyl (C=O) groups excluding carboxylic acids is 3. The molecule has 0 unspecified atom stereocenters. The van der Waals surface area contributed by atoms with Crippen LogP contribution in [0.5, 0.6) is 0 Å². The third-order valence-electron chi connectivity index (χ3n) is 4.23. The summed E-state index contributed by atoms with van der Waals surface area (Å²) in [5.74, 6) is -2.14. The largest absolute Gasteiger partial charge is 0.368 e. The molecule has 0 aliphatic heterocycles. The van der Waals surface area contributed by atoms with Crippen LogP contribution in [-0.2, 0) is 27.2 Å². The highest BCUT2D eigenvalue weighted by Crippen LogP contribution is 2.09. The molecule has 0 radical (unpaired) electrons. The highest BCUT2D eigenvalue weighted by atomic mass is 19.1. The Balaban J connectivity index is 2.12. The summed E-state index contributed by atoms with van der Waals surface area (Å²) < 4.78 is 13.1. The van der Waals surface area contributed by atoms with Crippen LogP contribution < -0.4 is 16.4 Å². The molecule has 0 spiro atoms. The lowest BCUT2D eigenvalue weighted by Gasteiger charge is -2.22. The summed E-state index contributed by atoms with van der Waals surface area (Å²) in [6.45, 7) is 1.27. The van der Waals surface area contributed by atoms with Crippen LogP contribution in [0.1, 0.15) is 23.6 Å². The van der Waals surface area contributed by atoms with Gasteiger partial charge in [-0.05, 0) is 35.4 Å². The van der Waals surface area contributed by atoms with Crippen LogP contribution in [0, 0.1) is 17.1 Å². The average Bonchev–Trinajstić information content (AvgIpc) is 2.68. The number of nitrogens with two attached hydrogens (primary N) is 1. The van der Waals surface area contributed by atoms with E-state index in [2.05, 4.69) is 10.6 Å². The molecule has 4 N–H and O–H groups in total. The molecule has 7 nitrogen and oxygen atoms in total. The molecule has 0 aromatic heterocycles. The molecule has 0 bridgehead atoms. The van der Waals surface area contributed by atoms with Gasteiger partial charge in [0.05, 0.1) is 11.6 Å². The molecule has 29 heavy (non-hydrogen) atoms. The van der Waals surface area contributed by atoms with Gasteiger partial charge in [0.2, 0.25) is 17.7 Å². The fraction of sp³-hybridized carbons (Fsp3) is 0.238. The van der Waals surface area contributed by atoms with Gasteiger partial charge >= 0.3 is 0 Å². The smallest absolute Gasteiger partial charge is 0.243 e. The van der Waals surface area contributed by atoms with Crippen LogP contribution >= 0.6 is 0 Å². The monoisotopic (exact) mass is 396 g/mol. The second-order valence-electron chi connectivity index (χ2n) is 6.56. The standard InChI is InChI=1S/C21H21FN4O3/c1-13(27)25-19(11-15-6-8-17(22)9-7-15)21(29)26-18(20(24)28)10-14-2-4-16(12-23)5-3-14/h2-9,18-19H,10-11H2,1H3,(H2,24,28)(H,25,27)(H,26,29)/t18-,19+/m1/s1. The van der Waals surface area contributed by atoms with Crippen molar-refractivity contribution in [3.63, 3.8) is 0 Å². The number of hydrogen-bond donors (Lipinski definition) is 3. The first-order chi connectivity index (χ1) is 13.8. The third-order valence-corrected chi connectivity index (χ3v) is 4.23. The van der Waals surface area contributed by atoms with Gasteiger partial charge in [-0.3, -0.25) is 14.4 Å². The van der Waals surface area contributed by atoms with E-state index in [1.165, 1.54) is 31.2 Å². The summed E-state index contributed by atoms with van der Waals surface area (Å²) in [5.41, 5.74) is 7.25. The van der Waals surface area contributed by atoms with Crippen LogP contribution in [0.3, 0.4) is 0 Å². The molecule has 0 aliphatic carbocycles. The van der Waals surface area contributed by atoms with Gasteiger partial charge in [-0.15, -0.1) is 0 Å². The number of benzene rings is 2. The molecular formula is C21H21FN4O3. The maximum atomic E-state index is 13.1. The molecule has 0 saturated heterocycles. The summed E-state index contributed by atoms with van der Waals surface area (Å²) in [7, 11) is 0. The number of nitrogens with one attached hydrogen (secondary N) is 2. The fourth-order valence-corrected chi connectivity index (χ4v) is 2.76. The second-order valence-corrected chi connectivity index (χ2v) is 6.56. The van der Waals surface area contributed by atoms with Crippen LogP contribution in [0.4, 0.5) is 4.39 Å². The minimum absolute atomic E-state index is 0.119. The van der Waals surface area contributed by atoms with Crippen molar-refractivity contribution in [2.45, 2.75) is 31.8 Å². The lowest BCUT2D eigenvalue weighted by atomic mass is 10.0. The second kappa shape index (κ2) is 9.99. The maximum absolute atomic E-state index is 13.1. The Bertz CT molecular complexity index is 920. The molecule has 0 fully saturated rings. The molecule has 0 saturated carbocycles. The van der Waals surface area contributed by atoms with Crippen molar-refractivity contribution in [2.24, 2.45) is 5.73 Å². The molecule has 0 aliphatic rings. The summed E-state index contributed by atoms with van der Waals surface area (Å²) in [4.78, 5) is 36.0. The van der Waals surface area contributed by atoms with Gasteiger partial charge in [0.1, 0.15) is 17.9 Å². The number of halogens is 1. The van der Waals surface area contributed by atoms with Gasteiger partial charge in [-0.25, -0.2) is 4.39 Å². The highest BCUT2D eigenvalue weighted by Gasteiger charge is 2.25. The Morgan fingerprint density at radius 1 is 0.966 bits per heavy atom. The number of rotatable bonds is 8. The molecule has 150 valence electrons. The zero-order valence-electron chi connectivity index (χ0n) is 15.8. The van der Waals surface area contributed by atoms with Crippen LogP contribution in [0.2, 0.25) is 0 Å². The van der Waals surface area contributed by atoms with Crippen LogP contribution in [0.15, 0.2) is 48.5 Å². The zero-order valence-corrected chi connectivity index (χ0v) is 15.8. The van der Waals surface area contributed by atoms with E-state index in [9.17, 15) is 18.8 Å². The normalized spacial score (nSPS) is 12.3. The Hall–Kier alpha value is -3.73. The van der Waals surface area contributed by atoms with E-state index in [1.807, 2.05) is 6.07 Å². The molecular weight excluding hydrogens is 375 g/mol. The van der Waals surface area contributed by atoms with Gasteiger partial charge in [0.15, 0.2) is 0 Å². The van der Waals surface area contributed by atoms with E-state index in [0.29, 0.717) is 16.7 Å². The van der Waals surface area contributed by atoms with Crippen LogP contribution in [0.25, 0.3) is 0 Å². The summed E-state index contributed by atoms with van der Waals surface area (Å²) in [6, 6.07) is 12.1. The average molecular weight is 396 g/mol. The molecule has 8 heteroatoms. The van der Waals surface area contributed by atoms with E-state index in [4.69, 9.17) is 11.0 Å². The lowest BCUT2D eigenvalue weighted by Crippen LogP contribution is -2.54. The predicted octanol–water partition coefficient (Wildman–Crippen LogP) is 0.957. The Morgan fingerprint density at radius 2 is 1.48 bits per heavy atom. The van der Waals surface area contributed by atoms with Gasteiger partial charge in [0.25, 0.3) is 0 Å². The molecule has 0 heterocycles. The number of nitriles is 1. The van der Waals surface area contributed by atoms with Crippen molar-refractivity contribution >= 4 is 17.7 Å². The third kappa shape index (κ3) is 6.74. The van der Waals surface area contributed by atoms with Gasteiger partial charge in [-0.1, -0.05) is 24.3 Å². The Morgan fingerprint density at radius 3 is 1.97 bits per heavy atom. The van der Waals surface area contributed by atoms with Crippen LogP contribution in [-0.4, -0.2) is 29.8 Å². The minimum atomic E-state index is -1.00. The maximum Gasteiger partial charge on any atom is 0.243 e. The van der Waals surface area contributed by atoms with E-state index in [-0.39, 0.29) is 12.8 Å². The molecule has 3 amide bonds. The fourth-order valence-electron chi connectivity index (χ4n) is 2.76. The number of amides is 3. The van der Waals surface area contributed by atoms with Crippen molar-refractivity contribution in [1.82, 2.24) is 10.6 Å². The summed E-state index contributed by atoms with van der Waals surface area (Å²) in [6.07, 6.45) is 0.254. The topological polar surface area (TPSA) is 125 Å². The SMILES string of the molecule is CC(=O)N[C@@H](Cc1ccc(F)cc1)C(=O)N[C@H](Cc1ccc(C#N)cc1)C(N)=O. The first-order valence-corrected chi connectivity index (χ1v) is 8.88. The quantitative estimate of drug-likeness (QED) is 0.614. The first-order valence-electron chi connectivity index (χ1n) is 8.88. The lowest BCUT2D eigenvalue weighted by molar-refractivity contribution is -0.130. The number of nitrogens with zero attached hydrogens (tertiary/aromatic N) is 1. The number of hydrogen-bond acceptors (Lipinski definition) is 4. The molecule has 2 aromatic rings. The summed E-state index contributed by atoms with van der Waals surface area (Å²) >= 11 is 0. The highest BCUT2D eigenvalue weighted by molar-refractivity contribution is 5.91. The summed E-state index contributed by atoms with van der Waals surface area (Å²) in [5, 5.41) is 13.9. The van der Waals surface area contributed by atoms with Gasteiger partial charge in [-0.2, -0.15) is 5.26 Å². The zero-order chi connectivity index (χ0) is 21.4. The van der Waals surface area contributed by atoms with Crippen molar-refractivity contribution in [3.05, 3.63) is 71.0 Å². The Labute approximate surface area is 167 Å². The predicted molar refractivity (Wildman–Crippen MR) is 104 cm³/mol. The van der Waals surface area contributed by atoms with Crippen molar-refractivity contribution in [2.75, 3.05) is 0 Å². The molecule has 2 aromatic carbocycles. The van der Waals surface area contributed by atoms with Crippen molar-refractivity contribution < 1.29 is 18.8 Å².